The van der Waals surface area contributed by atoms with Crippen molar-refractivity contribution < 1.29 is 28.2 Å². The zero-order valence-corrected chi connectivity index (χ0v) is 17.0. The molecular weight excluding hydrogens is 428 g/mol. The van der Waals surface area contributed by atoms with Crippen LogP contribution in [0.25, 0.3) is 10.8 Å². The van der Waals surface area contributed by atoms with Crippen LogP contribution < -0.4 is 10.1 Å². The maximum Gasteiger partial charge on any atom is 0.329 e. The van der Waals surface area contributed by atoms with Crippen LogP contribution in [0.3, 0.4) is 0 Å². The summed E-state index contributed by atoms with van der Waals surface area (Å²) in [4.78, 5) is 24.7. The van der Waals surface area contributed by atoms with Crippen LogP contribution in [0, 0.1) is 11.6 Å². The van der Waals surface area contributed by atoms with E-state index in [9.17, 15) is 23.5 Å². The van der Waals surface area contributed by atoms with Crippen molar-refractivity contribution >= 4 is 34.2 Å². The van der Waals surface area contributed by atoms with E-state index in [2.05, 4.69) is 5.32 Å². The minimum atomic E-state index is -1.32. The second-order valence-electron chi connectivity index (χ2n) is 7.50. The molecule has 1 fully saturated rings. The fourth-order valence-corrected chi connectivity index (χ4v) is 3.90. The van der Waals surface area contributed by atoms with Crippen molar-refractivity contribution in [1.82, 2.24) is 5.32 Å². The van der Waals surface area contributed by atoms with Crippen LogP contribution in [-0.4, -0.2) is 22.5 Å². The minimum absolute atomic E-state index is 0.0405. The number of fused-ring (bicyclic) bond motifs is 1. The number of hydrogen-bond acceptors (Lipinski definition) is 3. The van der Waals surface area contributed by atoms with Crippen LogP contribution in [0.1, 0.15) is 35.2 Å². The first kappa shape index (κ1) is 21.1. The van der Waals surface area contributed by atoms with E-state index >= 15 is 0 Å². The number of hydrogen-bond donors (Lipinski definition) is 2. The molecule has 1 aliphatic carbocycles. The molecule has 0 unspecified atom stereocenters. The Morgan fingerprint density at radius 3 is 2.42 bits per heavy atom. The quantitative estimate of drug-likeness (QED) is 0.554. The Labute approximate surface area is 181 Å². The molecule has 3 aromatic carbocycles. The average molecular weight is 446 g/mol. The van der Waals surface area contributed by atoms with Crippen LogP contribution in [0.4, 0.5) is 8.78 Å². The van der Waals surface area contributed by atoms with Gasteiger partial charge >= 0.3 is 5.97 Å². The maximum atomic E-state index is 14.1. The smallest absolute Gasteiger partial charge is 0.329 e. The molecule has 4 rings (SSSR count). The molecule has 1 saturated carbocycles. The fraction of sp³-hybridized carbons (Fsp3) is 0.217. The number of benzene rings is 3. The summed E-state index contributed by atoms with van der Waals surface area (Å²) in [6.45, 7) is -0.262. The number of halogens is 3. The molecule has 0 aliphatic heterocycles. The lowest BCUT2D eigenvalue weighted by Gasteiger charge is -2.38. The molecule has 0 bridgehead atoms. The summed E-state index contributed by atoms with van der Waals surface area (Å²) in [6.07, 6.45) is 1.34. The fourth-order valence-electron chi connectivity index (χ4n) is 3.62. The van der Waals surface area contributed by atoms with Gasteiger partial charge in [0.2, 0.25) is 0 Å². The highest BCUT2D eigenvalue weighted by atomic mass is 35.5. The van der Waals surface area contributed by atoms with Crippen LogP contribution >= 0.6 is 11.6 Å². The molecule has 0 saturated heterocycles. The number of rotatable bonds is 6. The molecule has 3 aromatic rings. The molecule has 0 spiro atoms. The van der Waals surface area contributed by atoms with Crippen molar-refractivity contribution in [1.29, 1.82) is 0 Å². The molecular formula is C23H18ClF2NO4. The first-order chi connectivity index (χ1) is 14.8. The highest BCUT2D eigenvalue weighted by Crippen LogP contribution is 2.38. The Bertz CT molecular complexity index is 1190. The van der Waals surface area contributed by atoms with Crippen molar-refractivity contribution in [3.8, 4) is 5.75 Å². The van der Waals surface area contributed by atoms with Gasteiger partial charge in [-0.3, -0.25) is 4.79 Å². The second-order valence-corrected chi connectivity index (χ2v) is 7.91. The van der Waals surface area contributed by atoms with Gasteiger partial charge in [-0.05, 0) is 37.5 Å². The van der Waals surface area contributed by atoms with Gasteiger partial charge in [0.25, 0.3) is 5.91 Å². The predicted octanol–water partition coefficient (Wildman–Crippen LogP) is 5.09. The van der Waals surface area contributed by atoms with E-state index in [0.717, 1.165) is 12.1 Å². The number of aliphatic carboxylic acids is 1. The number of carbonyl (C=O) groups excluding carboxylic acids is 1. The summed E-state index contributed by atoms with van der Waals surface area (Å²) >= 11 is 6.37. The standard InChI is InChI=1S/C23H18ClF2NO4/c24-18-11-17(21(28)27-23(22(29)30)8-3-9-23)20(16-5-2-1-4-15(16)18)31-12-13-6-7-14(25)10-19(13)26/h1-2,4-7,10-11H,3,8-9,12H2,(H,27,28)(H,29,30). The average Bonchev–Trinajstić information content (AvgIpc) is 2.70. The Kier molecular flexibility index (Phi) is 5.54. The number of amides is 1. The van der Waals surface area contributed by atoms with Crippen LogP contribution in [0.2, 0.25) is 5.02 Å². The summed E-state index contributed by atoms with van der Waals surface area (Å²) in [5.74, 6) is -3.10. The topological polar surface area (TPSA) is 75.6 Å². The third kappa shape index (κ3) is 3.93. The van der Waals surface area contributed by atoms with Gasteiger partial charge in [-0.25, -0.2) is 13.6 Å². The predicted molar refractivity (Wildman–Crippen MR) is 111 cm³/mol. The Balaban J connectivity index is 1.74. The van der Waals surface area contributed by atoms with Crippen LogP contribution in [0.5, 0.6) is 5.75 Å². The molecule has 5 nitrogen and oxygen atoms in total. The van der Waals surface area contributed by atoms with Gasteiger partial charge < -0.3 is 15.2 Å². The number of carboxylic acid groups (broad SMARTS) is 1. The molecule has 2 N–H and O–H groups in total. The highest BCUT2D eigenvalue weighted by molar-refractivity contribution is 6.36. The summed E-state index contributed by atoms with van der Waals surface area (Å²) in [7, 11) is 0. The van der Waals surface area contributed by atoms with Gasteiger partial charge in [-0.15, -0.1) is 0 Å². The molecule has 160 valence electrons. The lowest BCUT2D eigenvalue weighted by Crippen LogP contribution is -2.59. The zero-order valence-electron chi connectivity index (χ0n) is 16.3. The normalized spacial score (nSPS) is 14.7. The van der Waals surface area contributed by atoms with E-state index < -0.39 is 29.0 Å². The summed E-state index contributed by atoms with van der Waals surface area (Å²) in [5, 5.41) is 13.6. The first-order valence-corrected chi connectivity index (χ1v) is 10.0. The van der Waals surface area contributed by atoms with Crippen LogP contribution in [0.15, 0.2) is 48.5 Å². The van der Waals surface area contributed by atoms with Gasteiger partial charge in [-0.1, -0.05) is 35.9 Å². The Hall–Kier alpha value is -3.19. The van der Waals surface area contributed by atoms with Crippen molar-refractivity contribution in [3.63, 3.8) is 0 Å². The van der Waals surface area contributed by atoms with Gasteiger partial charge in [0.15, 0.2) is 0 Å². The molecule has 1 amide bonds. The Morgan fingerprint density at radius 2 is 1.81 bits per heavy atom. The summed E-state index contributed by atoms with van der Waals surface area (Å²) in [6, 6.07) is 11.5. The molecule has 31 heavy (non-hydrogen) atoms. The van der Waals surface area contributed by atoms with E-state index in [0.29, 0.717) is 35.1 Å². The largest absolute Gasteiger partial charge is 0.487 e. The summed E-state index contributed by atoms with van der Waals surface area (Å²) < 4.78 is 33.1. The monoisotopic (exact) mass is 445 g/mol. The van der Waals surface area contributed by atoms with E-state index in [4.69, 9.17) is 16.3 Å². The van der Waals surface area contributed by atoms with E-state index in [1.54, 1.807) is 24.3 Å². The lowest BCUT2D eigenvalue weighted by atomic mass is 9.76. The molecule has 1 aliphatic rings. The van der Waals surface area contributed by atoms with Gasteiger partial charge in [0, 0.05) is 27.4 Å². The number of carbonyl (C=O) groups is 2. The lowest BCUT2D eigenvalue weighted by molar-refractivity contribution is -0.148. The maximum absolute atomic E-state index is 14.1. The molecule has 0 aromatic heterocycles. The minimum Gasteiger partial charge on any atom is -0.487 e. The van der Waals surface area contributed by atoms with Gasteiger partial charge in [0.1, 0.15) is 29.5 Å². The highest BCUT2D eigenvalue weighted by Gasteiger charge is 2.46. The zero-order chi connectivity index (χ0) is 22.2. The van der Waals surface area contributed by atoms with Crippen LogP contribution in [-0.2, 0) is 11.4 Å². The molecule has 8 heteroatoms. The number of nitrogens with one attached hydrogen (secondary N) is 1. The number of carboxylic acids is 1. The Morgan fingerprint density at radius 1 is 1.10 bits per heavy atom. The van der Waals surface area contributed by atoms with Crippen molar-refractivity contribution in [2.75, 3.05) is 0 Å². The third-order valence-electron chi connectivity index (χ3n) is 5.55. The molecule has 0 heterocycles. The van der Waals surface area contributed by atoms with E-state index in [-0.39, 0.29) is 23.5 Å². The number of ether oxygens (including phenoxy) is 1. The van der Waals surface area contributed by atoms with E-state index in [1.165, 1.54) is 12.1 Å². The van der Waals surface area contributed by atoms with E-state index in [1.807, 2.05) is 0 Å². The van der Waals surface area contributed by atoms with Crippen molar-refractivity contribution in [2.24, 2.45) is 0 Å². The summed E-state index contributed by atoms with van der Waals surface area (Å²) in [5.41, 5.74) is -1.18. The third-order valence-corrected chi connectivity index (χ3v) is 5.86. The van der Waals surface area contributed by atoms with Gasteiger partial charge in [0.05, 0.1) is 5.56 Å². The SMILES string of the molecule is O=C(NC1(C(=O)O)CCC1)c1cc(Cl)c2ccccc2c1OCc1ccc(F)cc1F. The van der Waals surface area contributed by atoms with Crippen molar-refractivity contribution in [2.45, 2.75) is 31.4 Å². The first-order valence-electron chi connectivity index (χ1n) is 9.64. The molecule has 0 radical (unpaired) electrons. The molecule has 0 atom stereocenters. The second kappa shape index (κ2) is 8.15. The van der Waals surface area contributed by atoms with Crippen molar-refractivity contribution in [3.05, 3.63) is 76.3 Å². The van der Waals surface area contributed by atoms with Gasteiger partial charge in [-0.2, -0.15) is 0 Å².